The molecular weight excluding hydrogens is 738 g/mol. The second kappa shape index (κ2) is 65.7. The van der Waals surface area contributed by atoms with Crippen molar-refractivity contribution in [1.82, 2.24) is 5.32 Å². The van der Waals surface area contributed by atoms with Crippen molar-refractivity contribution in [1.29, 1.82) is 0 Å². The monoisotopic (exact) mass is 857 g/mol. The van der Waals surface area contributed by atoms with Gasteiger partial charge >= 0.3 is 51.4 Å². The molecule has 3 unspecified atom stereocenters. The summed E-state index contributed by atoms with van der Waals surface area (Å²) in [4.78, 5) is 0. The van der Waals surface area contributed by atoms with E-state index in [0.29, 0.717) is 0 Å². The number of allylic oxidation sites excluding steroid dienone is 3. The Balaban J connectivity index is -0.000000525. The van der Waals surface area contributed by atoms with E-state index in [-0.39, 0.29) is 51.4 Å². The predicted octanol–water partition coefficient (Wildman–Crippen LogP) is 17.9. The Morgan fingerprint density at radius 3 is 1.25 bits per heavy atom. The molecule has 0 bridgehead atoms. The molecule has 0 saturated carbocycles. The van der Waals surface area contributed by atoms with Crippen molar-refractivity contribution in [3.05, 3.63) is 37.6 Å². The van der Waals surface area contributed by atoms with Gasteiger partial charge in [-0.3, -0.25) is 0 Å². The summed E-state index contributed by atoms with van der Waals surface area (Å²) in [5.74, 6) is 3.60. The Hall–Kier alpha value is 1.08. The molecular formula is C57H119KN-. The molecule has 0 saturated heterocycles. The van der Waals surface area contributed by atoms with Crippen molar-refractivity contribution in [3.8, 4) is 0 Å². The third-order valence-corrected chi connectivity index (χ3v) is 11.1. The van der Waals surface area contributed by atoms with Crippen LogP contribution in [0.2, 0.25) is 0 Å². The fourth-order valence-corrected chi connectivity index (χ4v) is 7.81. The summed E-state index contributed by atoms with van der Waals surface area (Å²) in [5, 5.41) is 2.75. The van der Waals surface area contributed by atoms with E-state index in [0.717, 1.165) is 36.5 Å². The van der Waals surface area contributed by atoms with Gasteiger partial charge in [0.15, 0.2) is 0 Å². The van der Waals surface area contributed by atoms with Crippen molar-refractivity contribution < 1.29 is 51.4 Å². The normalized spacial score (nSPS) is 12.3. The van der Waals surface area contributed by atoms with Crippen LogP contribution >= 0.6 is 0 Å². The number of hydrogen-bond acceptors (Lipinski definition) is 1. The first kappa shape index (κ1) is 71.7. The first-order chi connectivity index (χ1) is 28.1. The van der Waals surface area contributed by atoms with Crippen molar-refractivity contribution in [2.24, 2.45) is 23.7 Å². The van der Waals surface area contributed by atoms with Gasteiger partial charge in [0.05, 0.1) is 0 Å². The molecule has 0 aromatic rings. The fourth-order valence-electron chi connectivity index (χ4n) is 7.81. The van der Waals surface area contributed by atoms with E-state index in [1.807, 2.05) is 41.8 Å². The Morgan fingerprint density at radius 2 is 0.831 bits per heavy atom. The molecule has 0 radical (unpaired) electrons. The minimum absolute atomic E-state index is 0. The summed E-state index contributed by atoms with van der Waals surface area (Å²) < 4.78 is 0. The van der Waals surface area contributed by atoms with Crippen LogP contribution in [-0.2, 0) is 0 Å². The first-order valence-electron chi connectivity index (χ1n) is 26.7. The Morgan fingerprint density at radius 1 is 0.475 bits per heavy atom. The van der Waals surface area contributed by atoms with E-state index >= 15 is 0 Å². The van der Waals surface area contributed by atoms with E-state index < -0.39 is 0 Å². The number of hydrogen-bond donors (Lipinski definition) is 1. The Labute approximate surface area is 422 Å². The molecule has 0 aromatic carbocycles. The van der Waals surface area contributed by atoms with Crippen LogP contribution in [0.1, 0.15) is 294 Å². The van der Waals surface area contributed by atoms with E-state index in [9.17, 15) is 0 Å². The molecule has 3 atom stereocenters. The number of unbranched alkanes of at least 4 members (excludes halogenated alkanes) is 14. The van der Waals surface area contributed by atoms with Gasteiger partial charge in [0.2, 0.25) is 0 Å². The summed E-state index contributed by atoms with van der Waals surface area (Å²) >= 11 is 0. The van der Waals surface area contributed by atoms with Gasteiger partial charge in [0.1, 0.15) is 0 Å². The summed E-state index contributed by atoms with van der Waals surface area (Å²) in [5.41, 5.74) is 3.29. The summed E-state index contributed by atoms with van der Waals surface area (Å²) in [6.45, 7) is 36.6. The second-order valence-corrected chi connectivity index (χ2v) is 18.1. The molecule has 0 aliphatic heterocycles. The predicted molar refractivity (Wildman–Crippen MR) is 276 cm³/mol. The SMILES string of the molecule is C=C(CCCCCC(C)CCCCCC[CH2-])CCCCC(CCCCCC)CCCC/C(=C\CC)CCC(CC[CH2-])CCCCCC.CC.CC.CC(C)C.CNC.[K+]. The molecule has 0 heterocycles. The number of nitrogens with one attached hydrogen (secondary N) is 1. The van der Waals surface area contributed by atoms with Gasteiger partial charge in [0, 0.05) is 0 Å². The van der Waals surface area contributed by atoms with Gasteiger partial charge in [0.25, 0.3) is 0 Å². The zero-order chi connectivity index (χ0) is 44.9. The number of rotatable bonds is 38. The maximum atomic E-state index is 4.48. The van der Waals surface area contributed by atoms with Crippen LogP contribution in [0.3, 0.4) is 0 Å². The van der Waals surface area contributed by atoms with Crippen LogP contribution in [0.25, 0.3) is 0 Å². The average molecular weight is 858 g/mol. The summed E-state index contributed by atoms with van der Waals surface area (Å²) in [6.07, 6.45) is 49.2. The zero-order valence-corrected chi connectivity index (χ0v) is 47.7. The molecule has 2 heteroatoms. The largest absolute Gasteiger partial charge is 1.00 e. The van der Waals surface area contributed by atoms with Crippen molar-refractivity contribution in [2.45, 2.75) is 294 Å². The zero-order valence-electron chi connectivity index (χ0n) is 44.5. The molecule has 59 heavy (non-hydrogen) atoms. The maximum Gasteiger partial charge on any atom is 1.00 e. The van der Waals surface area contributed by atoms with Gasteiger partial charge in [-0.05, 0) is 95.6 Å². The molecule has 0 aromatic heterocycles. The molecule has 354 valence electrons. The standard InChI is InChI=1S/C47H90.C4H10.C2H7N.2C2H6.K/c1-8-13-16-19-21-32-43(6)33-22-20-23-34-44(7)35-26-27-39-47(37-25-18-15-10-3)40-29-28-38-46(31-12-5)42-41-45(30-11-4)36-24-17-14-9-2;1-4(2)3;1-3-2;2*1-2;/h31,43,45,47H,1,4,7-30,32-42H2,2-3,5-6H3;4H,1-3H3;3H,1-2H3;2*1-2H3;/q-2;;;;;+1/b46-31+;;;;;. The third-order valence-electron chi connectivity index (χ3n) is 11.1. The summed E-state index contributed by atoms with van der Waals surface area (Å²) in [6, 6.07) is 0. The molecule has 0 aliphatic carbocycles. The van der Waals surface area contributed by atoms with Gasteiger partial charge in [-0.15, -0.1) is 0 Å². The van der Waals surface area contributed by atoms with Crippen molar-refractivity contribution >= 4 is 0 Å². The van der Waals surface area contributed by atoms with Crippen LogP contribution in [0.4, 0.5) is 0 Å². The minimum atomic E-state index is 0. The molecule has 0 fully saturated rings. The first-order valence-corrected chi connectivity index (χ1v) is 26.7. The Kier molecular flexibility index (Phi) is 79.8. The van der Waals surface area contributed by atoms with Gasteiger partial charge in [-0.2, -0.15) is 12.8 Å². The van der Waals surface area contributed by atoms with E-state index in [1.165, 1.54) is 211 Å². The van der Waals surface area contributed by atoms with E-state index in [4.69, 9.17) is 0 Å². The molecule has 0 rings (SSSR count). The van der Waals surface area contributed by atoms with Gasteiger partial charge in [-0.1, -0.05) is 248 Å². The molecule has 1 nitrogen and oxygen atoms in total. The van der Waals surface area contributed by atoms with Gasteiger partial charge in [-0.25, -0.2) is 0 Å². The Bertz CT molecular complexity index is 723. The third kappa shape index (κ3) is 68.3. The maximum absolute atomic E-state index is 4.48. The second-order valence-electron chi connectivity index (χ2n) is 18.1. The fraction of sp³-hybridized carbons (Fsp3) is 0.895. The van der Waals surface area contributed by atoms with Crippen LogP contribution < -0.4 is 56.7 Å². The van der Waals surface area contributed by atoms with E-state index in [1.54, 1.807) is 5.57 Å². The smallest absolute Gasteiger partial charge is 0.343 e. The molecule has 0 spiro atoms. The van der Waals surface area contributed by atoms with Crippen LogP contribution in [-0.4, -0.2) is 14.1 Å². The minimum Gasteiger partial charge on any atom is -0.343 e. The van der Waals surface area contributed by atoms with Crippen LogP contribution in [0.15, 0.2) is 23.8 Å². The van der Waals surface area contributed by atoms with E-state index in [2.05, 4.69) is 80.3 Å². The average Bonchev–Trinajstić information content (AvgIpc) is 3.21. The molecule has 0 aliphatic rings. The molecule has 1 N–H and O–H groups in total. The van der Waals surface area contributed by atoms with Crippen LogP contribution in [0.5, 0.6) is 0 Å². The summed E-state index contributed by atoms with van der Waals surface area (Å²) in [7, 11) is 3.75. The van der Waals surface area contributed by atoms with Crippen molar-refractivity contribution in [2.75, 3.05) is 14.1 Å². The quantitative estimate of drug-likeness (QED) is 0.0282. The topological polar surface area (TPSA) is 12.0 Å². The van der Waals surface area contributed by atoms with Crippen molar-refractivity contribution in [3.63, 3.8) is 0 Å². The van der Waals surface area contributed by atoms with Crippen LogP contribution in [0, 0.1) is 37.5 Å². The molecule has 0 amide bonds. The van der Waals surface area contributed by atoms with Gasteiger partial charge < -0.3 is 19.2 Å².